The zero-order chi connectivity index (χ0) is 13.1. The monoisotopic (exact) mass is 250 g/mol. The van der Waals surface area contributed by atoms with Crippen LogP contribution in [0.15, 0.2) is 60.7 Å². The molecule has 0 fully saturated rings. The predicted octanol–water partition coefficient (Wildman–Crippen LogP) is 2.79. The standard InChI is InChI=1S/C15H14N4/c1-16-19-15(13-10-6-3-7-11-13)17-14(18-19)12-8-4-2-5-9-12/h2-11,16H,1H3. The van der Waals surface area contributed by atoms with E-state index in [2.05, 4.69) is 15.5 Å². The molecule has 4 nitrogen and oxygen atoms in total. The van der Waals surface area contributed by atoms with Crippen LogP contribution in [0.25, 0.3) is 22.8 Å². The molecule has 1 heterocycles. The summed E-state index contributed by atoms with van der Waals surface area (Å²) < 4.78 is 0. The fourth-order valence-corrected chi connectivity index (χ4v) is 1.95. The van der Waals surface area contributed by atoms with Gasteiger partial charge >= 0.3 is 0 Å². The molecule has 3 rings (SSSR count). The minimum Gasteiger partial charge on any atom is -0.311 e. The van der Waals surface area contributed by atoms with E-state index in [1.165, 1.54) is 0 Å². The van der Waals surface area contributed by atoms with Crippen LogP contribution in [-0.4, -0.2) is 21.9 Å². The second-order valence-corrected chi connectivity index (χ2v) is 4.13. The molecule has 0 saturated carbocycles. The Morgan fingerprint density at radius 3 is 2.00 bits per heavy atom. The molecule has 0 radical (unpaired) electrons. The zero-order valence-corrected chi connectivity index (χ0v) is 10.6. The zero-order valence-electron chi connectivity index (χ0n) is 10.6. The Kier molecular flexibility index (Phi) is 2.98. The summed E-state index contributed by atoms with van der Waals surface area (Å²) in [7, 11) is 1.83. The normalized spacial score (nSPS) is 10.4. The molecule has 19 heavy (non-hydrogen) atoms. The summed E-state index contributed by atoms with van der Waals surface area (Å²) in [5.74, 6) is 1.52. The van der Waals surface area contributed by atoms with Gasteiger partial charge in [-0.2, -0.15) is 4.79 Å². The maximum atomic E-state index is 4.61. The van der Waals surface area contributed by atoms with E-state index in [1.54, 1.807) is 4.79 Å². The number of nitrogens with one attached hydrogen (secondary N) is 1. The molecule has 0 aliphatic heterocycles. The van der Waals surface area contributed by atoms with Crippen LogP contribution in [0.4, 0.5) is 0 Å². The summed E-state index contributed by atoms with van der Waals surface area (Å²) in [4.78, 5) is 6.30. The Bertz CT molecular complexity index is 659. The molecule has 0 saturated heterocycles. The van der Waals surface area contributed by atoms with E-state index in [4.69, 9.17) is 0 Å². The molecular formula is C15H14N4. The van der Waals surface area contributed by atoms with Crippen LogP contribution in [0, 0.1) is 0 Å². The Balaban J connectivity index is 2.09. The van der Waals surface area contributed by atoms with Crippen molar-refractivity contribution in [3.8, 4) is 22.8 Å². The third-order valence-electron chi connectivity index (χ3n) is 2.88. The average molecular weight is 250 g/mol. The highest BCUT2D eigenvalue weighted by molar-refractivity contribution is 5.61. The van der Waals surface area contributed by atoms with Crippen LogP contribution in [-0.2, 0) is 0 Å². The summed E-state index contributed by atoms with van der Waals surface area (Å²) >= 11 is 0. The fraction of sp³-hybridized carbons (Fsp3) is 0.0667. The van der Waals surface area contributed by atoms with Crippen LogP contribution < -0.4 is 5.43 Å². The van der Waals surface area contributed by atoms with Gasteiger partial charge in [0.25, 0.3) is 0 Å². The molecule has 0 spiro atoms. The first-order valence-corrected chi connectivity index (χ1v) is 6.14. The molecule has 0 unspecified atom stereocenters. The average Bonchev–Trinajstić information content (AvgIpc) is 2.93. The maximum Gasteiger partial charge on any atom is 0.183 e. The second kappa shape index (κ2) is 4.94. The summed E-state index contributed by atoms with van der Waals surface area (Å²) in [5.41, 5.74) is 5.07. The molecule has 2 aromatic carbocycles. The van der Waals surface area contributed by atoms with Crippen LogP contribution in [0.3, 0.4) is 0 Å². The Morgan fingerprint density at radius 1 is 0.842 bits per heavy atom. The maximum absolute atomic E-state index is 4.61. The highest BCUT2D eigenvalue weighted by Gasteiger charge is 2.11. The Hall–Kier alpha value is -2.62. The van der Waals surface area contributed by atoms with E-state index in [1.807, 2.05) is 67.7 Å². The number of hydrogen-bond acceptors (Lipinski definition) is 3. The van der Waals surface area contributed by atoms with Crippen LogP contribution >= 0.6 is 0 Å². The van der Waals surface area contributed by atoms with Gasteiger partial charge in [-0.3, -0.25) is 0 Å². The number of rotatable bonds is 3. The van der Waals surface area contributed by atoms with Crippen LogP contribution in [0.1, 0.15) is 0 Å². The molecular weight excluding hydrogens is 236 g/mol. The number of nitrogens with zero attached hydrogens (tertiary/aromatic N) is 3. The lowest BCUT2D eigenvalue weighted by Crippen LogP contribution is -2.12. The van der Waals surface area contributed by atoms with E-state index in [0.717, 1.165) is 17.0 Å². The molecule has 1 N–H and O–H groups in total. The van der Waals surface area contributed by atoms with E-state index in [0.29, 0.717) is 5.82 Å². The number of benzene rings is 2. The third-order valence-corrected chi connectivity index (χ3v) is 2.88. The van der Waals surface area contributed by atoms with Gasteiger partial charge in [0.1, 0.15) is 0 Å². The van der Waals surface area contributed by atoms with Gasteiger partial charge in [0.05, 0.1) is 0 Å². The first kappa shape index (κ1) is 11.5. The molecule has 3 aromatic rings. The highest BCUT2D eigenvalue weighted by atomic mass is 15.6. The molecule has 0 amide bonds. The molecule has 0 atom stereocenters. The van der Waals surface area contributed by atoms with E-state index in [9.17, 15) is 0 Å². The molecule has 0 aliphatic carbocycles. The lowest BCUT2D eigenvalue weighted by atomic mass is 10.2. The van der Waals surface area contributed by atoms with Gasteiger partial charge in [-0.1, -0.05) is 60.7 Å². The van der Waals surface area contributed by atoms with Gasteiger partial charge in [-0.05, 0) is 0 Å². The molecule has 0 aliphatic rings. The molecule has 1 aromatic heterocycles. The van der Waals surface area contributed by atoms with Crippen molar-refractivity contribution in [3.63, 3.8) is 0 Å². The minimum absolute atomic E-state index is 0.716. The van der Waals surface area contributed by atoms with Crippen molar-refractivity contribution in [1.82, 2.24) is 14.9 Å². The summed E-state index contributed by atoms with van der Waals surface area (Å²) in [6.45, 7) is 0. The Morgan fingerprint density at radius 2 is 1.42 bits per heavy atom. The smallest absolute Gasteiger partial charge is 0.183 e. The van der Waals surface area contributed by atoms with Crippen molar-refractivity contribution in [3.05, 3.63) is 60.7 Å². The van der Waals surface area contributed by atoms with E-state index < -0.39 is 0 Å². The minimum atomic E-state index is 0.716. The van der Waals surface area contributed by atoms with Crippen molar-refractivity contribution >= 4 is 0 Å². The SMILES string of the molecule is CNn1nc(-c2ccccc2)nc1-c1ccccc1. The van der Waals surface area contributed by atoms with Crippen molar-refractivity contribution < 1.29 is 0 Å². The molecule has 94 valence electrons. The van der Waals surface area contributed by atoms with E-state index >= 15 is 0 Å². The number of aromatic nitrogens is 3. The van der Waals surface area contributed by atoms with Gasteiger partial charge in [0.2, 0.25) is 0 Å². The summed E-state index contributed by atoms with van der Waals surface area (Å²) in [5, 5.41) is 4.47. The largest absolute Gasteiger partial charge is 0.311 e. The summed E-state index contributed by atoms with van der Waals surface area (Å²) in [6, 6.07) is 20.0. The van der Waals surface area contributed by atoms with Gasteiger partial charge < -0.3 is 5.43 Å². The van der Waals surface area contributed by atoms with Gasteiger partial charge in [0, 0.05) is 18.2 Å². The highest BCUT2D eigenvalue weighted by Crippen LogP contribution is 2.21. The van der Waals surface area contributed by atoms with Gasteiger partial charge in [0.15, 0.2) is 11.6 Å². The molecule has 0 bridgehead atoms. The topological polar surface area (TPSA) is 42.7 Å². The van der Waals surface area contributed by atoms with Crippen molar-refractivity contribution in [2.75, 3.05) is 12.5 Å². The van der Waals surface area contributed by atoms with Crippen molar-refractivity contribution in [1.29, 1.82) is 0 Å². The van der Waals surface area contributed by atoms with Crippen LogP contribution in [0.5, 0.6) is 0 Å². The molecule has 4 heteroatoms. The van der Waals surface area contributed by atoms with Crippen molar-refractivity contribution in [2.45, 2.75) is 0 Å². The van der Waals surface area contributed by atoms with E-state index in [-0.39, 0.29) is 0 Å². The fourth-order valence-electron chi connectivity index (χ4n) is 1.95. The lowest BCUT2D eigenvalue weighted by molar-refractivity contribution is 0.791. The van der Waals surface area contributed by atoms with Gasteiger partial charge in [-0.15, -0.1) is 5.10 Å². The first-order valence-electron chi connectivity index (χ1n) is 6.14. The predicted molar refractivity (Wildman–Crippen MR) is 76.2 cm³/mol. The van der Waals surface area contributed by atoms with Gasteiger partial charge in [-0.25, -0.2) is 4.98 Å². The number of hydrogen-bond donors (Lipinski definition) is 1. The third kappa shape index (κ3) is 2.20. The summed E-state index contributed by atoms with van der Waals surface area (Å²) in [6.07, 6.45) is 0. The van der Waals surface area contributed by atoms with Crippen molar-refractivity contribution in [2.24, 2.45) is 0 Å². The quantitative estimate of drug-likeness (QED) is 0.777. The lowest BCUT2D eigenvalue weighted by Gasteiger charge is -2.02. The second-order valence-electron chi connectivity index (χ2n) is 4.13. The first-order chi connectivity index (χ1) is 9.38. The van der Waals surface area contributed by atoms with Crippen LogP contribution in [0.2, 0.25) is 0 Å². The Labute approximate surface area is 111 Å².